The first-order valence-electron chi connectivity index (χ1n) is 9.69. The van der Waals surface area contributed by atoms with Crippen LogP contribution in [0.15, 0.2) is 34.6 Å². The molecule has 0 radical (unpaired) electrons. The van der Waals surface area contributed by atoms with Crippen molar-refractivity contribution in [3.8, 4) is 0 Å². The summed E-state index contributed by atoms with van der Waals surface area (Å²) in [5, 5.41) is 7.53. The normalized spacial score (nSPS) is 12.0. The lowest BCUT2D eigenvalue weighted by molar-refractivity contribution is -0.140. The number of guanidine groups is 1. The van der Waals surface area contributed by atoms with Crippen LogP contribution in [-0.4, -0.2) is 35.5 Å². The monoisotopic (exact) mass is 555 g/mol. The molecule has 2 N–H and O–H groups in total. The van der Waals surface area contributed by atoms with E-state index in [4.69, 9.17) is 0 Å². The zero-order valence-electron chi connectivity index (χ0n) is 17.4. The molecular weight excluding hydrogens is 526 g/mol. The van der Waals surface area contributed by atoms with Crippen LogP contribution in [0.2, 0.25) is 0 Å². The van der Waals surface area contributed by atoms with Gasteiger partial charge in [0, 0.05) is 18.5 Å². The number of hydrogen-bond donors (Lipinski definition) is 2. The van der Waals surface area contributed by atoms with E-state index < -0.39 is 11.9 Å². The van der Waals surface area contributed by atoms with Crippen molar-refractivity contribution in [1.29, 1.82) is 0 Å². The molecule has 0 saturated carbocycles. The standard InChI is InChI=1S/C20H28F3N5S.HI/c1-4-24-19(26-12-18-27-17(14-29-18)20(21,22)23)25-11-15-7-9-16(10-8-15)13-28(5-2)6-3;/h7-10,14H,4-6,11-13H2,1-3H3,(H2,24,25,26);1H. The van der Waals surface area contributed by atoms with Crippen molar-refractivity contribution >= 4 is 41.3 Å². The second-order valence-electron chi connectivity index (χ2n) is 6.45. The molecular formula is C20H29F3IN5S. The van der Waals surface area contributed by atoms with Crippen molar-refractivity contribution in [3.63, 3.8) is 0 Å². The van der Waals surface area contributed by atoms with Crippen LogP contribution in [0.5, 0.6) is 0 Å². The fraction of sp³-hybridized carbons (Fsp3) is 0.500. The molecule has 30 heavy (non-hydrogen) atoms. The van der Waals surface area contributed by atoms with Crippen LogP contribution >= 0.6 is 35.3 Å². The van der Waals surface area contributed by atoms with E-state index in [-0.39, 0.29) is 30.5 Å². The number of halogens is 4. The Kier molecular flexibility index (Phi) is 11.6. The van der Waals surface area contributed by atoms with Crippen molar-refractivity contribution < 1.29 is 13.2 Å². The summed E-state index contributed by atoms with van der Waals surface area (Å²) < 4.78 is 38.0. The molecule has 0 bridgehead atoms. The number of nitrogens with one attached hydrogen (secondary N) is 2. The average Bonchev–Trinajstić information content (AvgIpc) is 3.19. The summed E-state index contributed by atoms with van der Waals surface area (Å²) in [5.74, 6) is 0.545. The fourth-order valence-electron chi connectivity index (χ4n) is 2.65. The third-order valence-electron chi connectivity index (χ3n) is 4.34. The summed E-state index contributed by atoms with van der Waals surface area (Å²) in [6, 6.07) is 8.33. The lowest BCUT2D eigenvalue weighted by Gasteiger charge is -2.18. The van der Waals surface area contributed by atoms with E-state index in [0.29, 0.717) is 24.1 Å². The molecule has 10 heteroatoms. The lowest BCUT2D eigenvalue weighted by Crippen LogP contribution is -2.36. The summed E-state index contributed by atoms with van der Waals surface area (Å²) in [5.41, 5.74) is 1.47. The maximum atomic E-state index is 12.7. The van der Waals surface area contributed by atoms with Crippen LogP contribution in [0.1, 0.15) is 42.6 Å². The Morgan fingerprint density at radius 1 is 1.07 bits per heavy atom. The Balaban J connectivity index is 0.00000450. The van der Waals surface area contributed by atoms with Crippen LogP contribution in [0.4, 0.5) is 13.2 Å². The number of aliphatic imine (C=N–C) groups is 1. The Bertz CT molecular complexity index is 773. The summed E-state index contributed by atoms with van der Waals surface area (Å²) in [6.45, 7) is 10.5. The second-order valence-corrected chi connectivity index (χ2v) is 7.39. The molecule has 1 heterocycles. The highest BCUT2D eigenvalue weighted by Gasteiger charge is 2.33. The summed E-state index contributed by atoms with van der Waals surface area (Å²) >= 11 is 0.981. The molecule has 1 aromatic carbocycles. The fourth-order valence-corrected chi connectivity index (χ4v) is 3.39. The average molecular weight is 555 g/mol. The van der Waals surface area contributed by atoms with Gasteiger partial charge in [0.05, 0.1) is 13.1 Å². The largest absolute Gasteiger partial charge is 0.434 e. The highest BCUT2D eigenvalue weighted by atomic mass is 127. The zero-order valence-corrected chi connectivity index (χ0v) is 20.6. The number of rotatable bonds is 9. The van der Waals surface area contributed by atoms with Gasteiger partial charge in [0.1, 0.15) is 5.01 Å². The first-order valence-corrected chi connectivity index (χ1v) is 10.6. The molecule has 168 valence electrons. The van der Waals surface area contributed by atoms with Crippen LogP contribution in [0.3, 0.4) is 0 Å². The maximum absolute atomic E-state index is 12.7. The molecule has 2 aromatic rings. The quantitative estimate of drug-likeness (QED) is 0.263. The van der Waals surface area contributed by atoms with E-state index in [1.54, 1.807) is 0 Å². The Morgan fingerprint density at radius 3 is 2.23 bits per heavy atom. The van der Waals surface area contributed by atoms with Gasteiger partial charge in [-0.05, 0) is 31.1 Å². The molecule has 0 aliphatic heterocycles. The van der Waals surface area contributed by atoms with Gasteiger partial charge in [-0.1, -0.05) is 38.1 Å². The predicted octanol–water partition coefficient (Wildman–Crippen LogP) is 4.88. The van der Waals surface area contributed by atoms with E-state index in [0.717, 1.165) is 41.9 Å². The number of thiazole rings is 1. The Labute approximate surface area is 197 Å². The molecule has 5 nitrogen and oxygen atoms in total. The first kappa shape index (κ1) is 26.6. The summed E-state index contributed by atoms with van der Waals surface area (Å²) in [4.78, 5) is 10.5. The van der Waals surface area contributed by atoms with Gasteiger partial charge in [-0.3, -0.25) is 4.90 Å². The lowest BCUT2D eigenvalue weighted by atomic mass is 10.1. The van der Waals surface area contributed by atoms with Crippen molar-refractivity contribution in [3.05, 3.63) is 51.5 Å². The van der Waals surface area contributed by atoms with Crippen LogP contribution < -0.4 is 10.6 Å². The number of hydrogen-bond acceptors (Lipinski definition) is 4. The van der Waals surface area contributed by atoms with E-state index in [1.165, 1.54) is 5.56 Å². The predicted molar refractivity (Wildman–Crippen MR) is 127 cm³/mol. The van der Waals surface area contributed by atoms with Gasteiger partial charge in [-0.2, -0.15) is 13.2 Å². The molecule has 1 aromatic heterocycles. The Morgan fingerprint density at radius 2 is 1.70 bits per heavy atom. The SMILES string of the molecule is CCNC(=NCc1ccc(CN(CC)CC)cc1)NCc1nc(C(F)(F)F)cs1.I. The van der Waals surface area contributed by atoms with Gasteiger partial charge in [-0.25, -0.2) is 9.98 Å². The van der Waals surface area contributed by atoms with Gasteiger partial charge in [0.15, 0.2) is 11.7 Å². The highest BCUT2D eigenvalue weighted by molar-refractivity contribution is 14.0. The van der Waals surface area contributed by atoms with Gasteiger partial charge >= 0.3 is 6.18 Å². The number of alkyl halides is 3. The van der Waals surface area contributed by atoms with E-state index >= 15 is 0 Å². The minimum Gasteiger partial charge on any atom is -0.357 e. The smallest absolute Gasteiger partial charge is 0.357 e. The van der Waals surface area contributed by atoms with E-state index in [2.05, 4.69) is 63.6 Å². The third-order valence-corrected chi connectivity index (χ3v) is 5.19. The van der Waals surface area contributed by atoms with Gasteiger partial charge < -0.3 is 10.6 Å². The van der Waals surface area contributed by atoms with Gasteiger partial charge in [0.2, 0.25) is 0 Å². The molecule has 0 unspecified atom stereocenters. The minimum absolute atomic E-state index is 0. The Hall–Kier alpha value is -1.40. The van der Waals surface area contributed by atoms with Crippen molar-refractivity contribution in [2.24, 2.45) is 4.99 Å². The van der Waals surface area contributed by atoms with E-state index in [1.807, 2.05) is 6.92 Å². The third kappa shape index (κ3) is 8.76. The number of benzene rings is 1. The molecule has 0 spiro atoms. The van der Waals surface area contributed by atoms with E-state index in [9.17, 15) is 13.2 Å². The van der Waals surface area contributed by atoms with Crippen LogP contribution in [0, 0.1) is 0 Å². The topological polar surface area (TPSA) is 52.6 Å². The van der Waals surface area contributed by atoms with Gasteiger partial charge in [-0.15, -0.1) is 35.3 Å². The molecule has 0 saturated heterocycles. The zero-order chi connectivity index (χ0) is 21.3. The van der Waals surface area contributed by atoms with Gasteiger partial charge in [0.25, 0.3) is 0 Å². The number of nitrogens with zero attached hydrogens (tertiary/aromatic N) is 3. The van der Waals surface area contributed by atoms with Crippen LogP contribution in [-0.2, 0) is 25.8 Å². The first-order chi connectivity index (χ1) is 13.9. The van der Waals surface area contributed by atoms with Crippen molar-refractivity contribution in [2.45, 2.75) is 46.6 Å². The molecule has 0 atom stereocenters. The maximum Gasteiger partial charge on any atom is 0.434 e. The molecule has 0 aliphatic rings. The summed E-state index contributed by atoms with van der Waals surface area (Å²) in [6.07, 6.45) is -4.41. The highest BCUT2D eigenvalue weighted by Crippen LogP contribution is 2.29. The summed E-state index contributed by atoms with van der Waals surface area (Å²) in [7, 11) is 0. The van der Waals surface area contributed by atoms with Crippen molar-refractivity contribution in [1.82, 2.24) is 20.5 Å². The molecule has 2 rings (SSSR count). The van der Waals surface area contributed by atoms with Crippen LogP contribution in [0.25, 0.3) is 0 Å². The number of aromatic nitrogens is 1. The van der Waals surface area contributed by atoms with Crippen molar-refractivity contribution in [2.75, 3.05) is 19.6 Å². The molecule has 0 amide bonds. The molecule has 0 fully saturated rings. The minimum atomic E-state index is -4.41. The molecule has 0 aliphatic carbocycles. The second kappa shape index (κ2) is 13.1.